The molecule has 3 heterocycles. The van der Waals surface area contributed by atoms with Gasteiger partial charge in [0.05, 0.1) is 5.39 Å². The number of aryl methyl sites for hydroxylation is 1. The molecule has 3 rings (SSSR count). The molecule has 0 aliphatic rings. The zero-order valence-corrected chi connectivity index (χ0v) is 11.6. The topological polar surface area (TPSA) is 84.3 Å². The van der Waals surface area contributed by atoms with Crippen LogP contribution in [-0.2, 0) is 6.54 Å². The summed E-state index contributed by atoms with van der Waals surface area (Å²) in [5.41, 5.74) is 0.649. The molecule has 3 aromatic heterocycles. The first-order valence-corrected chi connectivity index (χ1v) is 6.70. The maximum absolute atomic E-state index is 4.24. The van der Waals surface area contributed by atoms with Crippen molar-refractivity contribution in [2.24, 2.45) is 0 Å². The van der Waals surface area contributed by atoms with E-state index in [1.165, 1.54) is 6.33 Å². The number of rotatable bonds is 5. The summed E-state index contributed by atoms with van der Waals surface area (Å²) in [5, 5.41) is 15.2. The first-order valence-electron chi connectivity index (χ1n) is 5.90. The molecule has 0 unspecified atom stereocenters. The molecule has 8 heteroatoms. The Morgan fingerprint density at radius 3 is 3.16 bits per heavy atom. The molecule has 0 spiro atoms. The maximum Gasteiger partial charge on any atom is 0.187 e. The van der Waals surface area contributed by atoms with Crippen LogP contribution in [-0.4, -0.2) is 36.5 Å². The summed E-state index contributed by atoms with van der Waals surface area (Å²) in [5.74, 6) is 0.783. The van der Waals surface area contributed by atoms with Crippen molar-refractivity contribution in [2.75, 3.05) is 11.9 Å². The zero-order valence-electron chi connectivity index (χ0n) is 10.0. The van der Waals surface area contributed by atoms with Gasteiger partial charge in [-0.1, -0.05) is 0 Å². The molecule has 3 aromatic rings. The number of aromatic amines is 1. The molecule has 98 valence electrons. The van der Waals surface area contributed by atoms with E-state index in [9.17, 15) is 0 Å². The van der Waals surface area contributed by atoms with E-state index in [0.717, 1.165) is 35.3 Å². The molecule has 0 saturated heterocycles. The first kappa shape index (κ1) is 12.1. The Hall–Kier alpha value is -1.96. The molecule has 0 aliphatic carbocycles. The van der Waals surface area contributed by atoms with Crippen molar-refractivity contribution in [1.82, 2.24) is 29.9 Å². The van der Waals surface area contributed by atoms with Gasteiger partial charge in [-0.3, -0.25) is 9.78 Å². The number of fused-ring (bicyclic) bond motifs is 1. The molecular weight excluding hydrogens is 310 g/mol. The van der Waals surface area contributed by atoms with Crippen molar-refractivity contribution >= 4 is 32.8 Å². The van der Waals surface area contributed by atoms with Crippen LogP contribution >= 0.6 is 15.9 Å². The minimum atomic E-state index is 0.649. The van der Waals surface area contributed by atoms with E-state index in [-0.39, 0.29) is 0 Å². The summed E-state index contributed by atoms with van der Waals surface area (Å²) in [6.45, 7) is 1.68. The summed E-state index contributed by atoms with van der Waals surface area (Å²) in [6.07, 6.45) is 6.20. The standard InChI is InChI=1S/C11H12BrN7/c12-9-8-10(14-7-15-11(8)18-17-9)13-3-1-5-19-6-2-4-16-19/h2,4,6-7H,1,3,5H2,(H2,13,14,15,17,18). The normalized spacial score (nSPS) is 11.0. The molecule has 0 saturated carbocycles. The Morgan fingerprint density at radius 1 is 1.37 bits per heavy atom. The van der Waals surface area contributed by atoms with Gasteiger partial charge in [0, 0.05) is 25.5 Å². The molecular formula is C11H12BrN7. The molecule has 19 heavy (non-hydrogen) atoms. The van der Waals surface area contributed by atoms with Crippen LogP contribution < -0.4 is 5.32 Å². The zero-order chi connectivity index (χ0) is 13.1. The third kappa shape index (κ3) is 2.58. The Labute approximate surface area is 117 Å². The Morgan fingerprint density at radius 2 is 2.32 bits per heavy atom. The van der Waals surface area contributed by atoms with Gasteiger partial charge >= 0.3 is 0 Å². The van der Waals surface area contributed by atoms with Gasteiger partial charge in [0.2, 0.25) is 0 Å². The second kappa shape index (κ2) is 5.35. The van der Waals surface area contributed by atoms with Crippen LogP contribution in [0.4, 0.5) is 5.82 Å². The van der Waals surface area contributed by atoms with Crippen LogP contribution in [0.3, 0.4) is 0 Å². The fourth-order valence-electron chi connectivity index (χ4n) is 1.84. The number of halogens is 1. The van der Waals surface area contributed by atoms with Gasteiger partial charge in [-0.25, -0.2) is 9.97 Å². The number of aromatic nitrogens is 6. The van der Waals surface area contributed by atoms with Crippen LogP contribution in [0, 0.1) is 0 Å². The summed E-state index contributed by atoms with van der Waals surface area (Å²) >= 11 is 3.41. The van der Waals surface area contributed by atoms with Gasteiger partial charge in [-0.15, -0.1) is 0 Å². The largest absolute Gasteiger partial charge is 0.369 e. The van der Waals surface area contributed by atoms with Gasteiger partial charge in [-0.05, 0) is 28.4 Å². The predicted octanol–water partition coefficient (Wildman–Crippen LogP) is 1.81. The third-order valence-electron chi connectivity index (χ3n) is 2.72. The van der Waals surface area contributed by atoms with Gasteiger partial charge in [0.1, 0.15) is 16.7 Å². The van der Waals surface area contributed by atoms with Crippen LogP contribution in [0.1, 0.15) is 6.42 Å². The number of hydrogen-bond donors (Lipinski definition) is 2. The van der Waals surface area contributed by atoms with Crippen molar-refractivity contribution in [1.29, 1.82) is 0 Å². The number of nitrogens with zero attached hydrogens (tertiary/aromatic N) is 5. The van der Waals surface area contributed by atoms with Crippen molar-refractivity contribution in [3.05, 3.63) is 29.4 Å². The quantitative estimate of drug-likeness (QED) is 0.700. The highest BCUT2D eigenvalue weighted by atomic mass is 79.9. The lowest BCUT2D eigenvalue weighted by Crippen LogP contribution is -2.08. The summed E-state index contributed by atoms with van der Waals surface area (Å²) in [7, 11) is 0. The molecule has 0 radical (unpaired) electrons. The molecule has 0 fully saturated rings. The van der Waals surface area contributed by atoms with Crippen molar-refractivity contribution < 1.29 is 0 Å². The summed E-state index contributed by atoms with van der Waals surface area (Å²) in [4.78, 5) is 8.33. The molecule has 7 nitrogen and oxygen atoms in total. The molecule has 2 N–H and O–H groups in total. The highest BCUT2D eigenvalue weighted by Gasteiger charge is 2.09. The van der Waals surface area contributed by atoms with Crippen LogP contribution in [0.2, 0.25) is 0 Å². The first-order chi connectivity index (χ1) is 9.34. The highest BCUT2D eigenvalue weighted by Crippen LogP contribution is 2.24. The van der Waals surface area contributed by atoms with Crippen LogP contribution in [0.25, 0.3) is 11.0 Å². The Balaban J connectivity index is 1.63. The molecule has 0 atom stereocenters. The third-order valence-corrected chi connectivity index (χ3v) is 3.30. The summed E-state index contributed by atoms with van der Waals surface area (Å²) in [6, 6.07) is 1.92. The number of hydrogen-bond acceptors (Lipinski definition) is 5. The molecule has 0 aliphatic heterocycles. The second-order valence-corrected chi connectivity index (χ2v) is 4.80. The lowest BCUT2D eigenvalue weighted by molar-refractivity contribution is 0.591. The number of H-pyrrole nitrogens is 1. The average molecular weight is 322 g/mol. The van der Waals surface area contributed by atoms with Gasteiger partial charge < -0.3 is 5.32 Å². The highest BCUT2D eigenvalue weighted by molar-refractivity contribution is 9.10. The van der Waals surface area contributed by atoms with Gasteiger partial charge in [-0.2, -0.15) is 10.2 Å². The fourth-order valence-corrected chi connectivity index (χ4v) is 2.29. The van der Waals surface area contributed by atoms with Crippen LogP contribution in [0.15, 0.2) is 29.4 Å². The van der Waals surface area contributed by atoms with E-state index in [0.29, 0.717) is 5.65 Å². The molecule has 0 aromatic carbocycles. The smallest absolute Gasteiger partial charge is 0.187 e. The Bertz CT molecular complexity index is 661. The summed E-state index contributed by atoms with van der Waals surface area (Å²) < 4.78 is 2.70. The van der Waals surface area contributed by atoms with Gasteiger partial charge in [0.15, 0.2) is 5.65 Å². The van der Waals surface area contributed by atoms with Crippen LogP contribution in [0.5, 0.6) is 0 Å². The van der Waals surface area contributed by atoms with Crippen molar-refractivity contribution in [2.45, 2.75) is 13.0 Å². The van der Waals surface area contributed by atoms with E-state index in [4.69, 9.17) is 0 Å². The van der Waals surface area contributed by atoms with E-state index >= 15 is 0 Å². The van der Waals surface area contributed by atoms with Crippen molar-refractivity contribution in [3.8, 4) is 0 Å². The monoisotopic (exact) mass is 321 g/mol. The molecule has 0 amide bonds. The number of anilines is 1. The Kier molecular flexibility index (Phi) is 3.41. The molecule has 0 bridgehead atoms. The predicted molar refractivity (Wildman–Crippen MR) is 74.7 cm³/mol. The van der Waals surface area contributed by atoms with E-state index in [2.05, 4.69) is 46.5 Å². The number of nitrogens with one attached hydrogen (secondary N) is 2. The SMILES string of the molecule is Brc1[nH]nc2ncnc(NCCCn3cccn3)c12. The fraction of sp³-hybridized carbons (Fsp3) is 0.273. The second-order valence-electron chi connectivity index (χ2n) is 4.01. The lowest BCUT2D eigenvalue weighted by atomic mass is 10.3. The van der Waals surface area contributed by atoms with E-state index in [1.54, 1.807) is 6.20 Å². The minimum Gasteiger partial charge on any atom is -0.369 e. The maximum atomic E-state index is 4.24. The van der Waals surface area contributed by atoms with Gasteiger partial charge in [0.25, 0.3) is 0 Å². The van der Waals surface area contributed by atoms with E-state index < -0.39 is 0 Å². The minimum absolute atomic E-state index is 0.649. The van der Waals surface area contributed by atoms with E-state index in [1.807, 2.05) is 16.9 Å². The average Bonchev–Trinajstić information content (AvgIpc) is 3.05. The van der Waals surface area contributed by atoms with Crippen molar-refractivity contribution in [3.63, 3.8) is 0 Å². The lowest BCUT2D eigenvalue weighted by Gasteiger charge is -2.06.